The Balaban J connectivity index is 0.000000183. The highest BCUT2D eigenvalue weighted by atomic mass is 16.2. The van der Waals surface area contributed by atoms with E-state index >= 15 is 0 Å². The van der Waals surface area contributed by atoms with Gasteiger partial charge >= 0.3 is 6.03 Å². The smallest absolute Gasteiger partial charge is 0.275 e. The van der Waals surface area contributed by atoms with Gasteiger partial charge in [0.05, 0.1) is 0 Å². The van der Waals surface area contributed by atoms with Crippen LogP contribution in [0.5, 0.6) is 0 Å². The molecule has 1 fully saturated rings. The number of carbonyl (C=O) groups excluding carboxylic acids is 1. The molecule has 1 aliphatic rings. The summed E-state index contributed by atoms with van der Waals surface area (Å²) in [4.78, 5) is 9.71. The molecular weight excluding hydrogens is 144 g/mol. The normalized spacial score (nSPS) is 14.7. The van der Waals surface area contributed by atoms with Gasteiger partial charge in [0.15, 0.2) is 0 Å². The molecule has 1 rings (SSSR count). The molecule has 1 aliphatic carbocycles. The molecule has 2 amide bonds. The molecule has 0 saturated heterocycles. The first-order valence-corrected chi connectivity index (χ1v) is 3.78. The Morgan fingerprint density at radius 1 is 0.909 bits per heavy atom. The molecule has 0 unspecified atom stereocenters. The first-order chi connectivity index (χ1) is 5.31. The number of hydrogen-bond acceptors (Lipinski definition) is 3. The third-order valence-corrected chi connectivity index (χ3v) is 1.51. The van der Waals surface area contributed by atoms with Gasteiger partial charge in [0.1, 0.15) is 0 Å². The highest BCUT2D eigenvalue weighted by Crippen LogP contribution is 2.15. The average molecular weight is 160 g/mol. The van der Waals surface area contributed by atoms with Crippen molar-refractivity contribution in [2.75, 3.05) is 0 Å². The fourth-order valence-electron chi connectivity index (χ4n) is 0.926. The van der Waals surface area contributed by atoms with Crippen LogP contribution in [-0.4, -0.2) is 6.03 Å². The van der Waals surface area contributed by atoms with Gasteiger partial charge in [-0.3, -0.25) is 10.9 Å². The van der Waals surface area contributed by atoms with Crippen LogP contribution >= 0.6 is 0 Å². The van der Waals surface area contributed by atoms with Gasteiger partial charge in [0.2, 0.25) is 0 Å². The quantitative estimate of drug-likeness (QED) is 0.228. The highest BCUT2D eigenvalue weighted by Gasteiger charge is 1.95. The second-order valence-corrected chi connectivity index (χ2v) is 2.39. The van der Waals surface area contributed by atoms with Crippen LogP contribution < -0.4 is 22.5 Å². The number of hydrazine groups is 2. The predicted molar refractivity (Wildman–Crippen MR) is 43.1 cm³/mol. The Kier molecular flexibility index (Phi) is 6.76. The van der Waals surface area contributed by atoms with Gasteiger partial charge < -0.3 is 0 Å². The van der Waals surface area contributed by atoms with E-state index in [1.54, 1.807) is 10.9 Å². The molecular formula is C6H16N4O. The standard InChI is InChI=1S/C5H10.CH6N4O/c1-2-4-5-3-1;2-4-1(6)5-3/h1-5H2;2-3H2,(H2,4,5,6). The topological polar surface area (TPSA) is 93.2 Å². The van der Waals surface area contributed by atoms with Gasteiger partial charge in [0, 0.05) is 0 Å². The Morgan fingerprint density at radius 2 is 1.18 bits per heavy atom. The van der Waals surface area contributed by atoms with E-state index in [0.717, 1.165) is 0 Å². The van der Waals surface area contributed by atoms with Crippen molar-refractivity contribution in [1.82, 2.24) is 10.9 Å². The predicted octanol–water partition coefficient (Wildman–Crippen LogP) is -0.0165. The molecule has 0 bridgehead atoms. The molecule has 6 N–H and O–H groups in total. The van der Waals surface area contributed by atoms with Crippen LogP contribution in [0.15, 0.2) is 0 Å². The number of nitrogens with two attached hydrogens (primary N) is 2. The third-order valence-electron chi connectivity index (χ3n) is 1.51. The van der Waals surface area contributed by atoms with Crippen LogP contribution in [0, 0.1) is 0 Å². The molecule has 0 atom stereocenters. The number of amides is 2. The molecule has 5 heteroatoms. The Bertz CT molecular complexity index is 89.1. The highest BCUT2D eigenvalue weighted by molar-refractivity contribution is 5.72. The van der Waals surface area contributed by atoms with Crippen molar-refractivity contribution in [3.63, 3.8) is 0 Å². The van der Waals surface area contributed by atoms with E-state index in [-0.39, 0.29) is 0 Å². The van der Waals surface area contributed by atoms with Gasteiger partial charge in [0.25, 0.3) is 0 Å². The van der Waals surface area contributed by atoms with Crippen molar-refractivity contribution in [2.24, 2.45) is 11.7 Å². The lowest BCUT2D eigenvalue weighted by Crippen LogP contribution is -2.43. The summed E-state index contributed by atoms with van der Waals surface area (Å²) in [6, 6.07) is -0.602. The van der Waals surface area contributed by atoms with Crippen LogP contribution in [0.4, 0.5) is 4.79 Å². The van der Waals surface area contributed by atoms with Crippen LogP contribution in [-0.2, 0) is 0 Å². The largest absolute Gasteiger partial charge is 0.343 e. The summed E-state index contributed by atoms with van der Waals surface area (Å²) in [6.45, 7) is 0. The van der Waals surface area contributed by atoms with Crippen LogP contribution in [0.25, 0.3) is 0 Å². The summed E-state index contributed by atoms with van der Waals surface area (Å²) in [5.74, 6) is 9.08. The fraction of sp³-hybridized carbons (Fsp3) is 0.833. The maximum absolute atomic E-state index is 9.71. The van der Waals surface area contributed by atoms with Crippen molar-refractivity contribution in [2.45, 2.75) is 32.1 Å². The summed E-state index contributed by atoms with van der Waals surface area (Å²) in [6.07, 6.45) is 7.50. The minimum absolute atomic E-state index is 0.602. The van der Waals surface area contributed by atoms with Gasteiger partial charge in [-0.1, -0.05) is 32.1 Å². The second-order valence-electron chi connectivity index (χ2n) is 2.39. The molecule has 0 radical (unpaired) electrons. The SMILES string of the molecule is C1CCCC1.NNC(=O)NN. The van der Waals surface area contributed by atoms with Gasteiger partial charge in [-0.15, -0.1) is 0 Å². The zero-order chi connectivity index (χ0) is 8.53. The minimum Gasteiger partial charge on any atom is -0.275 e. The molecule has 66 valence electrons. The molecule has 0 aromatic carbocycles. The monoisotopic (exact) mass is 160 g/mol. The summed E-state index contributed by atoms with van der Waals surface area (Å²) in [5.41, 5.74) is 3.48. The van der Waals surface area contributed by atoms with E-state index in [2.05, 4.69) is 11.7 Å². The van der Waals surface area contributed by atoms with E-state index in [1.807, 2.05) is 0 Å². The molecule has 1 saturated carbocycles. The summed E-state index contributed by atoms with van der Waals surface area (Å²) in [7, 11) is 0. The van der Waals surface area contributed by atoms with Crippen LogP contribution in [0.3, 0.4) is 0 Å². The van der Waals surface area contributed by atoms with Crippen molar-refractivity contribution in [3.05, 3.63) is 0 Å². The maximum atomic E-state index is 9.71. The number of nitrogens with one attached hydrogen (secondary N) is 2. The fourth-order valence-corrected chi connectivity index (χ4v) is 0.926. The van der Waals surface area contributed by atoms with Crippen LogP contribution in [0.2, 0.25) is 0 Å². The molecule has 0 aromatic rings. The van der Waals surface area contributed by atoms with Gasteiger partial charge in [-0.2, -0.15) is 0 Å². The first kappa shape index (κ1) is 10.2. The third kappa shape index (κ3) is 7.08. The molecule has 11 heavy (non-hydrogen) atoms. The Labute approximate surface area is 66.4 Å². The van der Waals surface area contributed by atoms with E-state index in [0.29, 0.717) is 0 Å². The van der Waals surface area contributed by atoms with E-state index in [9.17, 15) is 4.79 Å². The number of carbonyl (C=O) groups is 1. The van der Waals surface area contributed by atoms with Crippen molar-refractivity contribution in [1.29, 1.82) is 0 Å². The second kappa shape index (κ2) is 7.30. The zero-order valence-corrected chi connectivity index (χ0v) is 6.60. The average Bonchev–Trinajstić information content (AvgIpc) is 2.60. The lowest BCUT2D eigenvalue weighted by molar-refractivity contribution is 0.241. The van der Waals surface area contributed by atoms with E-state index in [4.69, 9.17) is 0 Å². The Morgan fingerprint density at radius 3 is 1.27 bits per heavy atom. The number of urea groups is 1. The Hall–Kier alpha value is -0.810. The minimum atomic E-state index is -0.602. The lowest BCUT2D eigenvalue weighted by Gasteiger charge is -1.90. The first-order valence-electron chi connectivity index (χ1n) is 3.78. The molecule has 0 aliphatic heterocycles. The van der Waals surface area contributed by atoms with Crippen molar-refractivity contribution >= 4 is 6.03 Å². The van der Waals surface area contributed by atoms with E-state index in [1.165, 1.54) is 32.1 Å². The zero-order valence-electron chi connectivity index (χ0n) is 6.60. The molecule has 0 aromatic heterocycles. The molecule has 0 spiro atoms. The maximum Gasteiger partial charge on any atom is 0.343 e. The van der Waals surface area contributed by atoms with Crippen LogP contribution in [0.1, 0.15) is 32.1 Å². The van der Waals surface area contributed by atoms with E-state index < -0.39 is 6.03 Å². The summed E-state index contributed by atoms with van der Waals surface area (Å²) >= 11 is 0. The lowest BCUT2D eigenvalue weighted by atomic mass is 10.4. The summed E-state index contributed by atoms with van der Waals surface area (Å²) < 4.78 is 0. The van der Waals surface area contributed by atoms with Gasteiger partial charge in [-0.05, 0) is 0 Å². The van der Waals surface area contributed by atoms with Crippen molar-refractivity contribution in [3.8, 4) is 0 Å². The number of hydrogen-bond donors (Lipinski definition) is 4. The number of rotatable bonds is 0. The molecule has 0 heterocycles. The van der Waals surface area contributed by atoms with Gasteiger partial charge in [-0.25, -0.2) is 16.5 Å². The van der Waals surface area contributed by atoms with Crippen molar-refractivity contribution < 1.29 is 4.79 Å². The molecule has 5 nitrogen and oxygen atoms in total. The summed E-state index contributed by atoms with van der Waals surface area (Å²) in [5, 5.41) is 0.